The van der Waals surface area contributed by atoms with Crippen LogP contribution in [0.25, 0.3) is 0 Å². The summed E-state index contributed by atoms with van der Waals surface area (Å²) >= 11 is 0. The second kappa shape index (κ2) is 6.65. The second-order valence-electron chi connectivity index (χ2n) is 4.77. The predicted molar refractivity (Wildman–Crippen MR) is 80.9 cm³/mol. The number of hydrogen-bond donors (Lipinski definition) is 2. The van der Waals surface area contributed by atoms with Crippen LogP contribution in [0.2, 0.25) is 0 Å². The summed E-state index contributed by atoms with van der Waals surface area (Å²) in [6.45, 7) is 3.73. The van der Waals surface area contributed by atoms with Gasteiger partial charge in [0.15, 0.2) is 0 Å². The number of aromatic nitrogens is 1. The fraction of sp³-hybridized carbons (Fsp3) is 0.188. The van der Waals surface area contributed by atoms with Crippen LogP contribution in [0.3, 0.4) is 0 Å². The highest BCUT2D eigenvalue weighted by Crippen LogP contribution is 2.11. The van der Waals surface area contributed by atoms with Crippen LogP contribution in [0.4, 0.5) is 5.69 Å². The number of carbonyl (C=O) groups is 2. The van der Waals surface area contributed by atoms with Crippen LogP contribution in [0, 0.1) is 6.92 Å². The van der Waals surface area contributed by atoms with Crippen LogP contribution in [0.5, 0.6) is 0 Å². The Morgan fingerprint density at radius 3 is 2.52 bits per heavy atom. The number of nitrogens with zero attached hydrogens (tertiary/aromatic N) is 1. The first-order valence-electron chi connectivity index (χ1n) is 6.62. The molecule has 0 unspecified atom stereocenters. The van der Waals surface area contributed by atoms with Crippen LogP contribution in [0.15, 0.2) is 42.6 Å². The number of aryl methyl sites for hydroxylation is 1. The molecule has 0 aliphatic rings. The molecular formula is C16H17N3O2. The van der Waals surface area contributed by atoms with Gasteiger partial charge in [0.2, 0.25) is 5.91 Å². The van der Waals surface area contributed by atoms with Crippen molar-refractivity contribution in [1.82, 2.24) is 10.3 Å². The number of amides is 2. The molecule has 108 valence electrons. The zero-order valence-electron chi connectivity index (χ0n) is 12.0. The van der Waals surface area contributed by atoms with Gasteiger partial charge in [-0.2, -0.15) is 0 Å². The van der Waals surface area contributed by atoms with E-state index in [0.717, 1.165) is 11.3 Å². The number of hydrogen-bond acceptors (Lipinski definition) is 3. The Kier molecular flexibility index (Phi) is 4.66. The van der Waals surface area contributed by atoms with E-state index in [0.29, 0.717) is 17.8 Å². The van der Waals surface area contributed by atoms with Crippen molar-refractivity contribution in [3.63, 3.8) is 0 Å². The third-order valence-corrected chi connectivity index (χ3v) is 2.91. The van der Waals surface area contributed by atoms with E-state index in [1.165, 1.54) is 6.92 Å². The summed E-state index contributed by atoms with van der Waals surface area (Å²) in [5, 5.41) is 5.47. The van der Waals surface area contributed by atoms with Gasteiger partial charge in [-0.3, -0.25) is 14.6 Å². The van der Waals surface area contributed by atoms with Crippen molar-refractivity contribution in [2.24, 2.45) is 0 Å². The van der Waals surface area contributed by atoms with Crippen molar-refractivity contribution in [2.75, 3.05) is 5.32 Å². The Labute approximate surface area is 123 Å². The summed E-state index contributed by atoms with van der Waals surface area (Å²) < 4.78 is 0. The summed E-state index contributed by atoms with van der Waals surface area (Å²) in [4.78, 5) is 27.2. The van der Waals surface area contributed by atoms with Crippen LogP contribution < -0.4 is 10.6 Å². The molecule has 5 nitrogen and oxygen atoms in total. The average Bonchev–Trinajstić information content (AvgIpc) is 2.48. The van der Waals surface area contributed by atoms with Gasteiger partial charge in [-0.1, -0.05) is 17.7 Å². The summed E-state index contributed by atoms with van der Waals surface area (Å²) in [7, 11) is 0. The highest BCUT2D eigenvalue weighted by atomic mass is 16.2. The van der Waals surface area contributed by atoms with Crippen molar-refractivity contribution in [3.05, 3.63) is 59.4 Å². The molecule has 2 N–H and O–H groups in total. The fourth-order valence-corrected chi connectivity index (χ4v) is 1.77. The molecule has 2 rings (SSSR count). The maximum Gasteiger partial charge on any atom is 0.255 e. The molecule has 0 fully saturated rings. The molecule has 0 radical (unpaired) electrons. The van der Waals surface area contributed by atoms with Gasteiger partial charge in [-0.15, -0.1) is 0 Å². The maximum atomic E-state index is 12.2. The molecule has 2 amide bonds. The minimum Gasteiger partial charge on any atom is -0.351 e. The first-order chi connectivity index (χ1) is 10.0. The minimum absolute atomic E-state index is 0.133. The zero-order chi connectivity index (χ0) is 15.2. The second-order valence-corrected chi connectivity index (χ2v) is 4.77. The number of nitrogens with one attached hydrogen (secondary N) is 2. The van der Waals surface area contributed by atoms with Gasteiger partial charge in [-0.25, -0.2) is 0 Å². The summed E-state index contributed by atoms with van der Waals surface area (Å²) in [6, 6.07) is 10.9. The van der Waals surface area contributed by atoms with E-state index in [1.807, 2.05) is 31.2 Å². The molecule has 5 heteroatoms. The SMILES string of the molecule is CC(=O)NCc1cc(C(=O)Nc2ccc(C)cc2)ccn1. The Hall–Kier alpha value is -2.69. The number of anilines is 1. The lowest BCUT2D eigenvalue weighted by atomic mass is 10.2. The van der Waals surface area contributed by atoms with E-state index < -0.39 is 0 Å². The lowest BCUT2D eigenvalue weighted by molar-refractivity contribution is -0.119. The number of carbonyl (C=O) groups excluding carboxylic acids is 2. The monoisotopic (exact) mass is 283 g/mol. The number of pyridine rings is 1. The fourth-order valence-electron chi connectivity index (χ4n) is 1.77. The Balaban J connectivity index is 2.06. The lowest BCUT2D eigenvalue weighted by Crippen LogP contribution is -2.20. The molecule has 1 heterocycles. The lowest BCUT2D eigenvalue weighted by Gasteiger charge is -2.07. The van der Waals surface area contributed by atoms with Crippen molar-refractivity contribution in [2.45, 2.75) is 20.4 Å². The highest BCUT2D eigenvalue weighted by Gasteiger charge is 2.07. The first-order valence-corrected chi connectivity index (χ1v) is 6.62. The average molecular weight is 283 g/mol. The molecule has 0 bridgehead atoms. The van der Waals surface area contributed by atoms with Gasteiger partial charge in [-0.05, 0) is 31.2 Å². The standard InChI is InChI=1S/C16H17N3O2/c1-11-3-5-14(6-4-11)19-16(21)13-7-8-17-15(9-13)10-18-12(2)20/h3-9H,10H2,1-2H3,(H,18,20)(H,19,21). The van der Waals surface area contributed by atoms with Crippen molar-refractivity contribution in [1.29, 1.82) is 0 Å². The van der Waals surface area contributed by atoms with Gasteiger partial charge < -0.3 is 10.6 Å². The molecule has 1 aromatic carbocycles. The highest BCUT2D eigenvalue weighted by molar-refractivity contribution is 6.04. The van der Waals surface area contributed by atoms with Gasteiger partial charge >= 0.3 is 0 Å². The van der Waals surface area contributed by atoms with Crippen molar-refractivity contribution < 1.29 is 9.59 Å². The van der Waals surface area contributed by atoms with Crippen molar-refractivity contribution in [3.8, 4) is 0 Å². The Morgan fingerprint density at radius 1 is 1.14 bits per heavy atom. The van der Waals surface area contributed by atoms with E-state index >= 15 is 0 Å². The van der Waals surface area contributed by atoms with Crippen molar-refractivity contribution >= 4 is 17.5 Å². The summed E-state index contributed by atoms with van der Waals surface area (Å²) in [5.41, 5.74) is 3.02. The van der Waals surface area contributed by atoms with E-state index in [-0.39, 0.29) is 11.8 Å². The number of rotatable bonds is 4. The molecule has 0 aliphatic heterocycles. The third kappa shape index (κ3) is 4.42. The van der Waals surface area contributed by atoms with E-state index in [2.05, 4.69) is 15.6 Å². The van der Waals surface area contributed by atoms with E-state index in [9.17, 15) is 9.59 Å². The normalized spacial score (nSPS) is 10.0. The van der Waals surface area contributed by atoms with E-state index in [1.54, 1.807) is 18.3 Å². The smallest absolute Gasteiger partial charge is 0.255 e. The number of benzene rings is 1. The zero-order valence-corrected chi connectivity index (χ0v) is 12.0. The van der Waals surface area contributed by atoms with Gasteiger partial charge in [0.25, 0.3) is 5.91 Å². The molecule has 0 spiro atoms. The molecular weight excluding hydrogens is 266 g/mol. The van der Waals surface area contributed by atoms with Gasteiger partial charge in [0.05, 0.1) is 12.2 Å². The molecule has 0 aliphatic carbocycles. The quantitative estimate of drug-likeness (QED) is 0.904. The predicted octanol–water partition coefficient (Wildman–Crippen LogP) is 2.28. The van der Waals surface area contributed by atoms with Crippen LogP contribution in [-0.2, 0) is 11.3 Å². The van der Waals surface area contributed by atoms with Gasteiger partial charge in [0.1, 0.15) is 0 Å². The molecule has 0 saturated carbocycles. The molecule has 2 aromatic rings. The molecule has 0 saturated heterocycles. The first kappa shape index (κ1) is 14.7. The van der Waals surface area contributed by atoms with Gasteiger partial charge in [0, 0.05) is 24.4 Å². The van der Waals surface area contributed by atoms with Crippen LogP contribution in [0.1, 0.15) is 28.5 Å². The topological polar surface area (TPSA) is 71.1 Å². The van der Waals surface area contributed by atoms with E-state index in [4.69, 9.17) is 0 Å². The third-order valence-electron chi connectivity index (χ3n) is 2.91. The molecule has 0 atom stereocenters. The largest absolute Gasteiger partial charge is 0.351 e. The minimum atomic E-state index is -0.203. The Bertz CT molecular complexity index is 651. The van der Waals surface area contributed by atoms with Crippen LogP contribution >= 0.6 is 0 Å². The van der Waals surface area contributed by atoms with Crippen LogP contribution in [-0.4, -0.2) is 16.8 Å². The molecule has 21 heavy (non-hydrogen) atoms. The summed E-state index contributed by atoms with van der Waals surface area (Å²) in [6.07, 6.45) is 1.56. The Morgan fingerprint density at radius 2 is 1.86 bits per heavy atom. The maximum absolute atomic E-state index is 12.2. The molecule has 1 aromatic heterocycles. The summed E-state index contributed by atoms with van der Waals surface area (Å²) in [5.74, 6) is -0.336.